The van der Waals surface area contributed by atoms with Crippen molar-refractivity contribution in [3.05, 3.63) is 77.9 Å². The van der Waals surface area contributed by atoms with E-state index in [0.29, 0.717) is 11.3 Å². The van der Waals surface area contributed by atoms with Crippen molar-refractivity contribution >= 4 is 41.9 Å². The molecule has 0 saturated heterocycles. The summed E-state index contributed by atoms with van der Waals surface area (Å²) < 4.78 is 5.45. The molecule has 2 aromatic rings. The van der Waals surface area contributed by atoms with E-state index in [1.165, 1.54) is 0 Å². The van der Waals surface area contributed by atoms with Gasteiger partial charge in [-0.1, -0.05) is 65.8 Å². The molecular formula is C17H11NO2S2. The third kappa shape index (κ3) is 2.32. The number of benzene rings is 2. The van der Waals surface area contributed by atoms with Crippen LogP contribution in [0.1, 0.15) is 15.9 Å². The number of ketones is 1. The van der Waals surface area contributed by atoms with E-state index >= 15 is 0 Å². The van der Waals surface area contributed by atoms with E-state index in [1.54, 1.807) is 22.9 Å². The molecule has 5 heteroatoms. The highest BCUT2D eigenvalue weighted by Crippen LogP contribution is 2.51. The maximum Gasteiger partial charge on any atom is 0.216 e. The van der Waals surface area contributed by atoms with Gasteiger partial charge < -0.3 is 4.28 Å². The minimum Gasteiger partial charge on any atom is -0.318 e. The Bertz CT molecular complexity index is 839. The topological polar surface area (TPSA) is 38.7 Å². The van der Waals surface area contributed by atoms with Gasteiger partial charge in [0.2, 0.25) is 5.78 Å². The molecule has 0 saturated carbocycles. The van der Waals surface area contributed by atoms with Gasteiger partial charge in [-0.3, -0.25) is 4.79 Å². The molecule has 22 heavy (non-hydrogen) atoms. The zero-order valence-electron chi connectivity index (χ0n) is 11.4. The Morgan fingerprint density at radius 3 is 2.41 bits per heavy atom. The van der Waals surface area contributed by atoms with Gasteiger partial charge in [-0.25, -0.2) is 0 Å². The first-order chi connectivity index (χ1) is 10.8. The fourth-order valence-corrected chi connectivity index (χ4v) is 5.49. The van der Waals surface area contributed by atoms with Gasteiger partial charge in [0, 0.05) is 10.5 Å². The van der Waals surface area contributed by atoms with Crippen molar-refractivity contribution in [1.29, 1.82) is 0 Å². The van der Waals surface area contributed by atoms with Gasteiger partial charge in [-0.15, -0.1) is 0 Å². The van der Waals surface area contributed by atoms with Crippen LogP contribution in [0.15, 0.2) is 71.9 Å². The second-order valence-electron chi connectivity index (χ2n) is 4.77. The quantitative estimate of drug-likeness (QED) is 0.479. The lowest BCUT2D eigenvalue weighted by Gasteiger charge is -2.02. The Morgan fingerprint density at radius 2 is 1.68 bits per heavy atom. The monoisotopic (exact) mass is 325 g/mol. The van der Waals surface area contributed by atoms with Crippen molar-refractivity contribution in [2.24, 2.45) is 5.16 Å². The molecule has 0 radical (unpaired) electrons. The lowest BCUT2D eigenvalue weighted by molar-refractivity contribution is 0.106. The zero-order chi connectivity index (χ0) is 14.9. The highest BCUT2D eigenvalue weighted by Gasteiger charge is 2.32. The highest BCUT2D eigenvalue weighted by molar-refractivity contribution is 8.86. The third-order valence-corrected chi connectivity index (χ3v) is 6.63. The van der Waals surface area contributed by atoms with Gasteiger partial charge >= 0.3 is 0 Å². The minimum absolute atomic E-state index is 0.0863. The van der Waals surface area contributed by atoms with Gasteiger partial charge in [0.05, 0.1) is 14.7 Å². The number of rotatable bonds is 3. The Labute approximate surface area is 134 Å². The molecule has 2 aromatic carbocycles. The highest BCUT2D eigenvalue weighted by atomic mass is 33.1. The van der Waals surface area contributed by atoms with E-state index in [1.807, 2.05) is 42.5 Å². The first-order valence-electron chi connectivity index (χ1n) is 6.75. The summed E-state index contributed by atoms with van der Waals surface area (Å²) in [6.45, 7) is 0. The zero-order valence-corrected chi connectivity index (χ0v) is 13.1. The lowest BCUT2D eigenvalue weighted by atomic mass is 10.0. The molecule has 0 aliphatic carbocycles. The number of hydrogen-bond acceptors (Lipinski definition) is 4. The van der Waals surface area contributed by atoms with E-state index in [0.717, 1.165) is 15.3 Å². The summed E-state index contributed by atoms with van der Waals surface area (Å²) >= 11 is 0. The van der Waals surface area contributed by atoms with Crippen LogP contribution in [0.4, 0.5) is 0 Å². The minimum atomic E-state index is -0.507. The van der Waals surface area contributed by atoms with Crippen LogP contribution in [0, 0.1) is 0 Å². The molecule has 0 N–H and O–H groups in total. The van der Waals surface area contributed by atoms with Crippen molar-refractivity contribution in [3.63, 3.8) is 0 Å². The van der Waals surface area contributed by atoms with Crippen LogP contribution >= 0.6 is 20.6 Å². The van der Waals surface area contributed by atoms with Crippen LogP contribution in [0.5, 0.6) is 0 Å². The normalized spacial score (nSPS) is 19.3. The van der Waals surface area contributed by atoms with Crippen molar-refractivity contribution in [2.45, 2.75) is 0 Å². The summed E-state index contributed by atoms with van der Waals surface area (Å²) in [5.74, 6) is -0.0863. The predicted octanol–water partition coefficient (Wildman–Crippen LogP) is 4.31. The number of carbonyl (C=O) groups is 1. The molecule has 3 nitrogen and oxygen atoms in total. The third-order valence-electron chi connectivity index (χ3n) is 3.35. The van der Waals surface area contributed by atoms with Crippen molar-refractivity contribution in [3.8, 4) is 0 Å². The molecule has 108 valence electrons. The molecule has 0 amide bonds. The van der Waals surface area contributed by atoms with E-state index in [4.69, 9.17) is 4.28 Å². The molecule has 1 unspecified atom stereocenters. The number of nitrogens with zero attached hydrogens (tertiary/aromatic N) is 1. The Hall–Kier alpha value is -2.11. The second kappa shape index (κ2) is 5.59. The van der Waals surface area contributed by atoms with Crippen LogP contribution < -0.4 is 0 Å². The van der Waals surface area contributed by atoms with Gasteiger partial charge in [0.1, 0.15) is 0 Å². The fraction of sp³-hybridized carbons (Fsp3) is 0. The van der Waals surface area contributed by atoms with E-state index in [2.05, 4.69) is 17.3 Å². The van der Waals surface area contributed by atoms with Gasteiger partial charge in [0.25, 0.3) is 0 Å². The van der Waals surface area contributed by atoms with E-state index in [9.17, 15) is 4.79 Å². The van der Waals surface area contributed by atoms with Crippen LogP contribution in [0.3, 0.4) is 0 Å². The van der Waals surface area contributed by atoms with Crippen LogP contribution in [-0.2, 0) is 4.28 Å². The molecule has 2 aliphatic heterocycles. The number of Topliss-reactive ketones (excluding diaryl/α,β-unsaturated/α-hetero) is 1. The summed E-state index contributed by atoms with van der Waals surface area (Å²) in [7, 11) is 1.11. The van der Waals surface area contributed by atoms with Crippen molar-refractivity contribution in [1.82, 2.24) is 0 Å². The van der Waals surface area contributed by atoms with Crippen molar-refractivity contribution in [2.75, 3.05) is 0 Å². The van der Waals surface area contributed by atoms with Gasteiger partial charge in [-0.05, 0) is 22.4 Å². The Morgan fingerprint density at radius 1 is 1.00 bits per heavy atom. The van der Waals surface area contributed by atoms with Gasteiger partial charge in [-0.2, -0.15) is 0 Å². The first kappa shape index (κ1) is 13.5. The van der Waals surface area contributed by atoms with E-state index < -0.39 is 9.80 Å². The molecule has 0 bridgehead atoms. The summed E-state index contributed by atoms with van der Waals surface area (Å²) in [6, 6.07) is 19.3. The molecule has 2 heterocycles. The van der Waals surface area contributed by atoms with Crippen LogP contribution in [-0.4, -0.2) is 16.4 Å². The summed E-state index contributed by atoms with van der Waals surface area (Å²) in [5.41, 5.74) is 2.19. The number of carbonyl (C=O) groups excluding carboxylic acids is 1. The van der Waals surface area contributed by atoms with Crippen LogP contribution in [0.25, 0.3) is 4.91 Å². The molecule has 0 fully saturated rings. The second-order valence-corrected chi connectivity index (χ2v) is 7.84. The maximum atomic E-state index is 12.6. The summed E-state index contributed by atoms with van der Waals surface area (Å²) in [4.78, 5) is 14.6. The number of oxime groups is 1. The largest absolute Gasteiger partial charge is 0.318 e. The number of allylic oxidation sites excluding steroid dienone is 1. The van der Waals surface area contributed by atoms with Crippen molar-refractivity contribution < 1.29 is 9.08 Å². The Kier molecular flexibility index (Phi) is 3.44. The first-order valence-corrected chi connectivity index (χ1v) is 9.23. The molecule has 4 rings (SSSR count). The smallest absolute Gasteiger partial charge is 0.216 e. The lowest BCUT2D eigenvalue weighted by Crippen LogP contribution is -2.20. The van der Waals surface area contributed by atoms with Gasteiger partial charge in [0.15, 0.2) is 5.71 Å². The molecule has 0 aromatic heterocycles. The Balaban J connectivity index is 1.65. The SMILES string of the molecule is O=C(C1=NOS2=C1C=C(c1ccccc1)S2)c1ccccc1. The average Bonchev–Trinajstić information content (AvgIpc) is 3.16. The number of hydrogen-bond donors (Lipinski definition) is 0. The average molecular weight is 325 g/mol. The molecule has 1 atom stereocenters. The standard InChI is InChI=1S/C17H11NO2S2/c19-17(13-9-5-2-6-10-13)16-15-11-14(21-22(15)20-18-16)12-7-3-1-4-8-12/h1-11H. The fourth-order valence-electron chi connectivity index (χ4n) is 2.25. The summed E-state index contributed by atoms with van der Waals surface area (Å²) in [6.07, 6.45) is 2.02. The maximum absolute atomic E-state index is 12.6. The van der Waals surface area contributed by atoms with E-state index in [-0.39, 0.29) is 5.78 Å². The summed E-state index contributed by atoms with van der Waals surface area (Å²) in [5, 5.41) is 4.00. The molecule has 2 aliphatic rings. The molecule has 0 spiro atoms. The van der Waals surface area contributed by atoms with Crippen LogP contribution in [0.2, 0.25) is 0 Å². The predicted molar refractivity (Wildman–Crippen MR) is 93.9 cm³/mol. The molecular weight excluding hydrogens is 314 g/mol.